The van der Waals surface area contributed by atoms with Gasteiger partial charge in [0.2, 0.25) is 0 Å². The van der Waals surface area contributed by atoms with E-state index in [0.29, 0.717) is 11.7 Å². The highest BCUT2D eigenvalue weighted by molar-refractivity contribution is 5.40. The van der Waals surface area contributed by atoms with Crippen LogP contribution >= 0.6 is 0 Å². The van der Waals surface area contributed by atoms with Gasteiger partial charge < -0.3 is 10.1 Å². The Morgan fingerprint density at radius 3 is 3.00 bits per heavy atom. The van der Waals surface area contributed by atoms with Crippen LogP contribution in [0.2, 0.25) is 0 Å². The zero-order valence-corrected chi connectivity index (χ0v) is 10.3. The average molecular weight is 237 g/mol. The number of nitrogens with one attached hydrogen (secondary N) is 1. The molecule has 0 bridgehead atoms. The first-order valence-electron chi connectivity index (χ1n) is 6.26. The predicted molar refractivity (Wildman–Crippen MR) is 67.1 cm³/mol. The minimum absolute atomic E-state index is 0.445. The van der Waals surface area contributed by atoms with Crippen LogP contribution in [0.1, 0.15) is 24.0 Å². The molecule has 1 atom stereocenters. The van der Waals surface area contributed by atoms with Gasteiger partial charge in [-0.2, -0.15) is 0 Å². The summed E-state index contributed by atoms with van der Waals surface area (Å²) >= 11 is 0. The van der Waals surface area contributed by atoms with Gasteiger partial charge in [0, 0.05) is 5.56 Å². The topological polar surface area (TPSA) is 21.3 Å². The van der Waals surface area contributed by atoms with Gasteiger partial charge >= 0.3 is 0 Å². The minimum atomic E-state index is -0.445. The molecule has 94 valence electrons. The molecule has 1 aliphatic heterocycles. The summed E-state index contributed by atoms with van der Waals surface area (Å²) in [5.41, 5.74) is 1.82. The Bertz CT molecular complexity index is 361. The van der Waals surface area contributed by atoms with Crippen LogP contribution in [0.4, 0.5) is 4.39 Å². The lowest BCUT2D eigenvalue weighted by Crippen LogP contribution is -2.31. The summed E-state index contributed by atoms with van der Waals surface area (Å²) in [6.07, 6.45) is 3.40. The van der Waals surface area contributed by atoms with Crippen molar-refractivity contribution in [1.82, 2.24) is 5.32 Å². The van der Waals surface area contributed by atoms with E-state index in [9.17, 15) is 4.39 Å². The monoisotopic (exact) mass is 237 g/mol. The van der Waals surface area contributed by atoms with E-state index in [1.165, 1.54) is 12.8 Å². The fourth-order valence-electron chi connectivity index (χ4n) is 2.55. The lowest BCUT2D eigenvalue weighted by atomic mass is 9.90. The van der Waals surface area contributed by atoms with E-state index in [4.69, 9.17) is 4.74 Å². The smallest absolute Gasteiger partial charge is 0.124 e. The third-order valence-electron chi connectivity index (χ3n) is 3.49. The molecule has 2 rings (SSSR count). The number of halogens is 1. The van der Waals surface area contributed by atoms with Crippen molar-refractivity contribution in [1.29, 1.82) is 0 Å². The number of alkyl halides is 1. The van der Waals surface area contributed by atoms with Crippen LogP contribution in [0.3, 0.4) is 0 Å². The maximum Gasteiger partial charge on any atom is 0.124 e. The van der Waals surface area contributed by atoms with Crippen LogP contribution in [0.5, 0.6) is 5.75 Å². The molecule has 1 aromatic carbocycles. The van der Waals surface area contributed by atoms with Crippen molar-refractivity contribution >= 4 is 0 Å². The highest BCUT2D eigenvalue weighted by Gasteiger charge is 2.16. The van der Waals surface area contributed by atoms with Crippen molar-refractivity contribution < 1.29 is 9.13 Å². The van der Waals surface area contributed by atoms with Crippen molar-refractivity contribution in [2.45, 2.75) is 25.9 Å². The number of benzene rings is 1. The van der Waals surface area contributed by atoms with Gasteiger partial charge in [0.25, 0.3) is 0 Å². The fourth-order valence-corrected chi connectivity index (χ4v) is 2.55. The SMILES string of the molecule is COc1cccc(CC2CCCNC2)c1CF. The van der Waals surface area contributed by atoms with E-state index >= 15 is 0 Å². The van der Waals surface area contributed by atoms with Gasteiger partial charge in [-0.05, 0) is 49.9 Å². The number of ether oxygens (including phenoxy) is 1. The molecule has 2 nitrogen and oxygen atoms in total. The molecule has 0 saturated carbocycles. The molecule has 3 heteroatoms. The number of hydrogen-bond acceptors (Lipinski definition) is 2. The van der Waals surface area contributed by atoms with Gasteiger partial charge in [-0.25, -0.2) is 4.39 Å². The Morgan fingerprint density at radius 2 is 2.35 bits per heavy atom. The molecule has 1 saturated heterocycles. The largest absolute Gasteiger partial charge is 0.496 e. The van der Waals surface area contributed by atoms with Crippen LogP contribution in [-0.4, -0.2) is 20.2 Å². The quantitative estimate of drug-likeness (QED) is 0.869. The first-order chi connectivity index (χ1) is 8.35. The Morgan fingerprint density at radius 1 is 1.47 bits per heavy atom. The molecule has 1 unspecified atom stereocenters. The summed E-state index contributed by atoms with van der Waals surface area (Å²) in [6, 6.07) is 5.80. The van der Waals surface area contributed by atoms with Crippen molar-refractivity contribution in [2.24, 2.45) is 5.92 Å². The first kappa shape index (κ1) is 12.4. The Hall–Kier alpha value is -1.09. The third kappa shape index (κ3) is 2.97. The maximum atomic E-state index is 13.1. The van der Waals surface area contributed by atoms with Gasteiger partial charge in [-0.1, -0.05) is 12.1 Å². The fraction of sp³-hybridized carbons (Fsp3) is 0.571. The molecule has 0 spiro atoms. The van der Waals surface area contributed by atoms with Crippen LogP contribution in [-0.2, 0) is 13.1 Å². The normalized spacial score (nSPS) is 20.2. The lowest BCUT2D eigenvalue weighted by molar-refractivity contribution is 0.367. The van der Waals surface area contributed by atoms with E-state index in [0.717, 1.165) is 30.6 Å². The van der Waals surface area contributed by atoms with E-state index in [-0.39, 0.29) is 0 Å². The molecular formula is C14H20FNO. The molecule has 1 N–H and O–H groups in total. The summed E-state index contributed by atoms with van der Waals surface area (Å²) in [5, 5.41) is 3.40. The summed E-state index contributed by atoms with van der Waals surface area (Å²) < 4.78 is 18.3. The summed E-state index contributed by atoms with van der Waals surface area (Å²) in [7, 11) is 1.60. The van der Waals surface area contributed by atoms with Gasteiger partial charge in [0.05, 0.1) is 7.11 Å². The van der Waals surface area contributed by atoms with Gasteiger partial charge in [0.1, 0.15) is 12.4 Å². The Labute approximate surface area is 102 Å². The number of rotatable bonds is 4. The average Bonchev–Trinajstić information content (AvgIpc) is 2.39. The number of methoxy groups -OCH3 is 1. The molecule has 1 heterocycles. The third-order valence-corrected chi connectivity index (χ3v) is 3.49. The maximum absolute atomic E-state index is 13.1. The molecule has 1 fully saturated rings. The zero-order chi connectivity index (χ0) is 12.1. The number of piperidine rings is 1. The molecule has 0 amide bonds. The molecule has 0 radical (unpaired) electrons. The Kier molecular flexibility index (Phi) is 4.37. The zero-order valence-electron chi connectivity index (χ0n) is 10.3. The summed E-state index contributed by atoms with van der Waals surface area (Å²) in [5.74, 6) is 1.30. The van der Waals surface area contributed by atoms with Crippen LogP contribution in [0.25, 0.3) is 0 Å². The second-order valence-corrected chi connectivity index (χ2v) is 4.65. The number of hydrogen-bond donors (Lipinski definition) is 1. The van der Waals surface area contributed by atoms with Crippen LogP contribution < -0.4 is 10.1 Å². The second kappa shape index (κ2) is 6.01. The van der Waals surface area contributed by atoms with Crippen molar-refractivity contribution in [3.8, 4) is 5.75 Å². The summed E-state index contributed by atoms with van der Waals surface area (Å²) in [6.45, 7) is 1.72. The lowest BCUT2D eigenvalue weighted by Gasteiger charge is -2.23. The second-order valence-electron chi connectivity index (χ2n) is 4.65. The molecular weight excluding hydrogens is 217 g/mol. The highest BCUT2D eigenvalue weighted by Crippen LogP contribution is 2.26. The van der Waals surface area contributed by atoms with Gasteiger partial charge in [0.15, 0.2) is 0 Å². The van der Waals surface area contributed by atoms with E-state index in [1.54, 1.807) is 7.11 Å². The molecule has 1 aliphatic rings. The van der Waals surface area contributed by atoms with Crippen LogP contribution in [0, 0.1) is 5.92 Å². The van der Waals surface area contributed by atoms with E-state index < -0.39 is 6.67 Å². The van der Waals surface area contributed by atoms with Crippen LogP contribution in [0.15, 0.2) is 18.2 Å². The standard InChI is InChI=1S/C14H20FNO/c1-17-14-6-2-5-12(13(14)9-15)8-11-4-3-7-16-10-11/h2,5-6,11,16H,3-4,7-10H2,1H3. The van der Waals surface area contributed by atoms with Crippen molar-refractivity contribution in [3.05, 3.63) is 29.3 Å². The highest BCUT2D eigenvalue weighted by atomic mass is 19.1. The van der Waals surface area contributed by atoms with Gasteiger partial charge in [-0.3, -0.25) is 0 Å². The van der Waals surface area contributed by atoms with E-state index in [2.05, 4.69) is 5.32 Å². The molecule has 1 aromatic rings. The van der Waals surface area contributed by atoms with E-state index in [1.807, 2.05) is 18.2 Å². The molecule has 0 aromatic heterocycles. The van der Waals surface area contributed by atoms with Crippen molar-refractivity contribution in [3.63, 3.8) is 0 Å². The minimum Gasteiger partial charge on any atom is -0.496 e. The summed E-state index contributed by atoms with van der Waals surface area (Å²) in [4.78, 5) is 0. The predicted octanol–water partition coefficient (Wildman–Crippen LogP) is 2.71. The Balaban J connectivity index is 2.13. The molecule has 0 aliphatic carbocycles. The van der Waals surface area contributed by atoms with Crippen molar-refractivity contribution in [2.75, 3.05) is 20.2 Å². The molecule has 17 heavy (non-hydrogen) atoms. The first-order valence-corrected chi connectivity index (χ1v) is 6.26. The van der Waals surface area contributed by atoms with Gasteiger partial charge in [-0.15, -0.1) is 0 Å².